The monoisotopic (exact) mass is 367 g/mol. The van der Waals surface area contributed by atoms with Crippen molar-refractivity contribution in [2.45, 2.75) is 20.4 Å². The molecule has 0 atom stereocenters. The molecule has 2 heterocycles. The predicted octanol–water partition coefficient (Wildman–Crippen LogP) is 3.82. The number of nitrogens with zero attached hydrogens (tertiary/aromatic N) is 3. The third kappa shape index (κ3) is 4.34. The first kappa shape index (κ1) is 17.8. The second-order valence-corrected chi connectivity index (χ2v) is 6.24. The third-order valence-corrected chi connectivity index (χ3v) is 4.01. The van der Waals surface area contributed by atoms with Gasteiger partial charge in [-0.05, 0) is 49.2 Å². The zero-order chi connectivity index (χ0) is 18.5. The van der Waals surface area contributed by atoms with Gasteiger partial charge in [-0.3, -0.25) is 9.78 Å². The Labute approximate surface area is 156 Å². The van der Waals surface area contributed by atoms with Crippen molar-refractivity contribution in [3.05, 3.63) is 76.3 Å². The molecule has 0 aliphatic carbocycles. The highest BCUT2D eigenvalue weighted by Crippen LogP contribution is 2.29. The van der Waals surface area contributed by atoms with E-state index in [2.05, 4.69) is 25.6 Å². The largest absolute Gasteiger partial charge is 0.345 e. The van der Waals surface area contributed by atoms with Crippen LogP contribution in [0.5, 0.6) is 0 Å². The van der Waals surface area contributed by atoms with Crippen LogP contribution in [0.15, 0.2) is 48.8 Å². The maximum atomic E-state index is 12.3. The van der Waals surface area contributed by atoms with Gasteiger partial charge >= 0.3 is 0 Å². The molecule has 0 saturated heterocycles. The Balaban J connectivity index is 1.73. The van der Waals surface area contributed by atoms with Gasteiger partial charge in [0.05, 0.1) is 22.9 Å². The summed E-state index contributed by atoms with van der Waals surface area (Å²) < 4.78 is 0. The van der Waals surface area contributed by atoms with E-state index in [0.717, 1.165) is 22.5 Å². The molecule has 0 radical (unpaired) electrons. The standard InChI is InChI=1S/C19H18ClN5O/c1-12-9-13(2)17(15(20)10-12)25-19-22-8-6-16(24-19)18(26)23-11-14-5-3-4-7-21-14/h3-10H,11H2,1-2H3,(H,23,26)(H,22,24,25). The van der Waals surface area contributed by atoms with Crippen molar-refractivity contribution in [3.8, 4) is 0 Å². The molecule has 132 valence electrons. The van der Waals surface area contributed by atoms with Gasteiger partial charge in [-0.2, -0.15) is 0 Å². The molecule has 0 unspecified atom stereocenters. The highest BCUT2D eigenvalue weighted by atomic mass is 35.5. The number of hydrogen-bond acceptors (Lipinski definition) is 5. The fourth-order valence-corrected chi connectivity index (χ4v) is 2.86. The SMILES string of the molecule is Cc1cc(C)c(Nc2nccc(C(=O)NCc3ccccn3)n2)c(Cl)c1. The van der Waals surface area contributed by atoms with Crippen molar-refractivity contribution in [1.82, 2.24) is 20.3 Å². The van der Waals surface area contributed by atoms with E-state index in [-0.39, 0.29) is 11.6 Å². The zero-order valence-electron chi connectivity index (χ0n) is 14.5. The van der Waals surface area contributed by atoms with Crippen molar-refractivity contribution in [2.24, 2.45) is 0 Å². The lowest BCUT2D eigenvalue weighted by molar-refractivity contribution is 0.0945. The zero-order valence-corrected chi connectivity index (χ0v) is 15.2. The van der Waals surface area contributed by atoms with E-state index in [1.807, 2.05) is 44.2 Å². The molecular weight excluding hydrogens is 350 g/mol. The first-order valence-corrected chi connectivity index (χ1v) is 8.45. The molecule has 1 amide bonds. The lowest BCUT2D eigenvalue weighted by Gasteiger charge is -2.12. The Hall–Kier alpha value is -2.99. The maximum absolute atomic E-state index is 12.3. The molecule has 7 heteroatoms. The summed E-state index contributed by atoms with van der Waals surface area (Å²) in [7, 11) is 0. The molecule has 6 nitrogen and oxygen atoms in total. The Morgan fingerprint density at radius 2 is 1.96 bits per heavy atom. The summed E-state index contributed by atoms with van der Waals surface area (Å²) >= 11 is 6.30. The van der Waals surface area contributed by atoms with E-state index >= 15 is 0 Å². The number of rotatable bonds is 5. The summed E-state index contributed by atoms with van der Waals surface area (Å²) in [5.74, 6) is 0.0113. The van der Waals surface area contributed by atoms with Crippen LogP contribution in [0.3, 0.4) is 0 Å². The molecule has 3 rings (SSSR count). The van der Waals surface area contributed by atoms with Gasteiger partial charge in [0.1, 0.15) is 5.69 Å². The van der Waals surface area contributed by atoms with Crippen LogP contribution in [0, 0.1) is 13.8 Å². The molecule has 0 saturated carbocycles. The average Bonchev–Trinajstić information content (AvgIpc) is 2.64. The molecule has 0 spiro atoms. The number of aromatic nitrogens is 3. The number of carbonyl (C=O) groups excluding carboxylic acids is 1. The molecule has 3 aromatic rings. The van der Waals surface area contributed by atoms with Crippen LogP contribution in [0.1, 0.15) is 27.3 Å². The van der Waals surface area contributed by atoms with Crippen molar-refractivity contribution in [2.75, 3.05) is 5.32 Å². The Kier molecular flexibility index (Phi) is 5.43. The van der Waals surface area contributed by atoms with Gasteiger partial charge in [0.2, 0.25) is 5.95 Å². The van der Waals surface area contributed by atoms with E-state index in [1.54, 1.807) is 12.3 Å². The Bertz CT molecular complexity index is 907. The minimum Gasteiger partial charge on any atom is -0.345 e. The molecule has 0 aliphatic heterocycles. The number of halogens is 1. The second-order valence-electron chi connectivity index (χ2n) is 5.83. The second kappa shape index (κ2) is 7.93. The van der Waals surface area contributed by atoms with Gasteiger partial charge in [0.25, 0.3) is 5.91 Å². The summed E-state index contributed by atoms with van der Waals surface area (Å²) in [4.78, 5) is 24.9. The van der Waals surface area contributed by atoms with Crippen molar-refractivity contribution in [1.29, 1.82) is 0 Å². The van der Waals surface area contributed by atoms with Crippen molar-refractivity contribution in [3.63, 3.8) is 0 Å². The Morgan fingerprint density at radius 3 is 2.69 bits per heavy atom. The summed E-state index contributed by atoms with van der Waals surface area (Å²) in [6, 6.07) is 11.0. The minimum absolute atomic E-state index is 0.263. The molecule has 0 aliphatic rings. The van der Waals surface area contributed by atoms with Gasteiger partial charge in [0, 0.05) is 12.4 Å². The fraction of sp³-hybridized carbons (Fsp3) is 0.158. The van der Waals surface area contributed by atoms with Gasteiger partial charge in [-0.15, -0.1) is 0 Å². The topological polar surface area (TPSA) is 79.8 Å². The quantitative estimate of drug-likeness (QED) is 0.716. The van der Waals surface area contributed by atoms with E-state index in [0.29, 0.717) is 17.5 Å². The number of hydrogen-bond donors (Lipinski definition) is 2. The van der Waals surface area contributed by atoms with Crippen LogP contribution in [-0.4, -0.2) is 20.9 Å². The molecule has 0 bridgehead atoms. The molecule has 26 heavy (non-hydrogen) atoms. The van der Waals surface area contributed by atoms with Gasteiger partial charge in [-0.25, -0.2) is 9.97 Å². The maximum Gasteiger partial charge on any atom is 0.270 e. The highest BCUT2D eigenvalue weighted by molar-refractivity contribution is 6.33. The lowest BCUT2D eigenvalue weighted by atomic mass is 10.1. The average molecular weight is 368 g/mol. The molecule has 2 N–H and O–H groups in total. The summed E-state index contributed by atoms with van der Waals surface area (Å²) in [5, 5.41) is 6.46. The molecule has 0 fully saturated rings. The van der Waals surface area contributed by atoms with Crippen LogP contribution in [0.2, 0.25) is 5.02 Å². The van der Waals surface area contributed by atoms with Gasteiger partial charge in [0.15, 0.2) is 0 Å². The first-order chi connectivity index (χ1) is 12.5. The van der Waals surface area contributed by atoms with Crippen LogP contribution < -0.4 is 10.6 Å². The first-order valence-electron chi connectivity index (χ1n) is 8.08. The van der Waals surface area contributed by atoms with E-state index < -0.39 is 0 Å². The van der Waals surface area contributed by atoms with Crippen LogP contribution in [0.25, 0.3) is 0 Å². The molecular formula is C19H18ClN5O. The summed E-state index contributed by atoms with van der Waals surface area (Å²) in [6.45, 7) is 4.26. The number of benzene rings is 1. The smallest absolute Gasteiger partial charge is 0.270 e. The number of nitrogens with one attached hydrogen (secondary N) is 2. The number of amides is 1. The van der Waals surface area contributed by atoms with Gasteiger partial charge < -0.3 is 10.6 Å². The van der Waals surface area contributed by atoms with E-state index in [9.17, 15) is 4.79 Å². The highest BCUT2D eigenvalue weighted by Gasteiger charge is 2.11. The number of carbonyl (C=O) groups is 1. The number of pyridine rings is 1. The summed E-state index contributed by atoms with van der Waals surface area (Å²) in [5.41, 5.74) is 3.81. The predicted molar refractivity (Wildman–Crippen MR) is 102 cm³/mol. The Morgan fingerprint density at radius 1 is 1.12 bits per heavy atom. The lowest BCUT2D eigenvalue weighted by Crippen LogP contribution is -2.24. The molecule has 1 aromatic carbocycles. The fourth-order valence-electron chi connectivity index (χ4n) is 2.50. The number of aryl methyl sites for hydroxylation is 2. The van der Waals surface area contributed by atoms with E-state index in [4.69, 9.17) is 11.6 Å². The number of anilines is 2. The normalized spacial score (nSPS) is 10.4. The van der Waals surface area contributed by atoms with Gasteiger partial charge in [-0.1, -0.05) is 23.7 Å². The third-order valence-electron chi connectivity index (χ3n) is 3.71. The summed E-state index contributed by atoms with van der Waals surface area (Å²) in [6.07, 6.45) is 3.21. The van der Waals surface area contributed by atoms with Crippen LogP contribution >= 0.6 is 11.6 Å². The van der Waals surface area contributed by atoms with Crippen molar-refractivity contribution < 1.29 is 4.79 Å². The van der Waals surface area contributed by atoms with Crippen LogP contribution in [-0.2, 0) is 6.54 Å². The van der Waals surface area contributed by atoms with Crippen LogP contribution in [0.4, 0.5) is 11.6 Å². The minimum atomic E-state index is -0.298. The molecule has 2 aromatic heterocycles. The van der Waals surface area contributed by atoms with Crippen molar-refractivity contribution >= 4 is 29.1 Å². The van der Waals surface area contributed by atoms with E-state index in [1.165, 1.54) is 6.20 Å².